The van der Waals surface area contributed by atoms with Gasteiger partial charge in [-0.15, -0.1) is 0 Å². The highest BCUT2D eigenvalue weighted by Crippen LogP contribution is 2.24. The van der Waals surface area contributed by atoms with Crippen LogP contribution in [0, 0.1) is 0 Å². The zero-order valence-corrected chi connectivity index (χ0v) is 14.3. The van der Waals surface area contributed by atoms with Crippen molar-refractivity contribution in [1.82, 2.24) is 24.4 Å². The van der Waals surface area contributed by atoms with Gasteiger partial charge in [-0.1, -0.05) is 30.3 Å². The molecule has 4 rings (SSSR count). The summed E-state index contributed by atoms with van der Waals surface area (Å²) in [6, 6.07) is 10.1. The van der Waals surface area contributed by atoms with Gasteiger partial charge in [0.2, 0.25) is 0 Å². The van der Waals surface area contributed by atoms with Gasteiger partial charge in [0, 0.05) is 56.8 Å². The van der Waals surface area contributed by atoms with E-state index in [-0.39, 0.29) is 0 Å². The fraction of sp³-hybridized carbons (Fsp3) is 0.316. The molecule has 3 aromatic rings. The fourth-order valence-corrected chi connectivity index (χ4v) is 3.16. The topological polar surface area (TPSA) is 56.1 Å². The van der Waals surface area contributed by atoms with Crippen molar-refractivity contribution < 1.29 is 4.74 Å². The lowest BCUT2D eigenvalue weighted by atomic mass is 10.2. The van der Waals surface area contributed by atoms with Gasteiger partial charge in [-0.2, -0.15) is 0 Å². The molecule has 1 aromatic carbocycles. The van der Waals surface area contributed by atoms with E-state index in [1.807, 2.05) is 49.1 Å². The van der Waals surface area contributed by atoms with Crippen molar-refractivity contribution in [3.63, 3.8) is 0 Å². The largest absolute Gasteiger partial charge is 0.383 e. The zero-order chi connectivity index (χ0) is 17.1. The quantitative estimate of drug-likeness (QED) is 0.693. The second-order valence-electron chi connectivity index (χ2n) is 6.25. The van der Waals surface area contributed by atoms with Gasteiger partial charge in [0.05, 0.1) is 24.3 Å². The second-order valence-corrected chi connectivity index (χ2v) is 6.25. The van der Waals surface area contributed by atoms with Gasteiger partial charge in [-0.05, 0) is 0 Å². The van der Waals surface area contributed by atoms with Gasteiger partial charge in [0.15, 0.2) is 5.82 Å². The highest BCUT2D eigenvalue weighted by atomic mass is 16.5. The Morgan fingerprint density at radius 2 is 2.00 bits per heavy atom. The Morgan fingerprint density at radius 1 is 1.12 bits per heavy atom. The number of aromatic nitrogens is 4. The molecule has 0 bridgehead atoms. The van der Waals surface area contributed by atoms with Crippen molar-refractivity contribution in [2.45, 2.75) is 26.2 Å². The van der Waals surface area contributed by atoms with Crippen molar-refractivity contribution >= 4 is 0 Å². The Morgan fingerprint density at radius 3 is 2.84 bits per heavy atom. The number of hydrogen-bond donors (Lipinski definition) is 0. The minimum Gasteiger partial charge on any atom is -0.383 e. The molecule has 0 spiro atoms. The first kappa shape index (κ1) is 15.9. The Balaban J connectivity index is 1.47. The van der Waals surface area contributed by atoms with E-state index >= 15 is 0 Å². The number of hydrogen-bond acceptors (Lipinski definition) is 5. The van der Waals surface area contributed by atoms with Crippen LogP contribution in [0.2, 0.25) is 0 Å². The summed E-state index contributed by atoms with van der Waals surface area (Å²) in [6.45, 7) is 4.08. The van der Waals surface area contributed by atoms with Gasteiger partial charge >= 0.3 is 0 Å². The summed E-state index contributed by atoms with van der Waals surface area (Å²) in [6.07, 6.45) is 5.76. The van der Waals surface area contributed by atoms with E-state index in [9.17, 15) is 0 Å². The standard InChI is InChI=1S/C19H21N5O/c1-25-8-7-24-14-20-10-17(24)12-23-11-16-9-21-19(22-18(16)13-23)15-5-3-2-4-6-15/h2-6,9-10,14H,7-8,11-13H2,1H3. The number of imidazole rings is 1. The monoisotopic (exact) mass is 335 g/mol. The van der Waals surface area contributed by atoms with E-state index in [0.717, 1.165) is 43.3 Å². The normalized spacial score (nSPS) is 14.0. The van der Waals surface area contributed by atoms with E-state index < -0.39 is 0 Å². The summed E-state index contributed by atoms with van der Waals surface area (Å²) in [5.41, 5.74) is 4.59. The van der Waals surface area contributed by atoms with E-state index in [2.05, 4.69) is 19.4 Å². The molecular formula is C19H21N5O. The van der Waals surface area contributed by atoms with Crippen molar-refractivity contribution in [3.8, 4) is 11.4 Å². The molecule has 1 aliphatic rings. The molecule has 25 heavy (non-hydrogen) atoms. The second kappa shape index (κ2) is 7.13. The lowest BCUT2D eigenvalue weighted by Crippen LogP contribution is -2.19. The predicted molar refractivity (Wildman–Crippen MR) is 94.5 cm³/mol. The molecule has 0 amide bonds. The van der Waals surface area contributed by atoms with E-state index in [1.54, 1.807) is 7.11 Å². The van der Waals surface area contributed by atoms with Crippen molar-refractivity contribution in [2.24, 2.45) is 0 Å². The van der Waals surface area contributed by atoms with E-state index in [4.69, 9.17) is 9.72 Å². The molecular weight excluding hydrogens is 314 g/mol. The number of nitrogens with zero attached hydrogens (tertiary/aromatic N) is 5. The Labute approximate surface area is 147 Å². The van der Waals surface area contributed by atoms with Crippen LogP contribution in [0.1, 0.15) is 17.0 Å². The molecule has 3 heterocycles. The molecule has 0 fully saturated rings. The molecule has 2 aromatic heterocycles. The SMILES string of the molecule is COCCn1cncc1CN1Cc2cnc(-c3ccccc3)nc2C1. The predicted octanol–water partition coefficient (Wildman–Crippen LogP) is 2.50. The van der Waals surface area contributed by atoms with Crippen LogP contribution in [0.4, 0.5) is 0 Å². The van der Waals surface area contributed by atoms with Gasteiger partial charge in [-0.3, -0.25) is 4.90 Å². The molecule has 6 heteroatoms. The summed E-state index contributed by atoms with van der Waals surface area (Å²) < 4.78 is 7.31. The van der Waals surface area contributed by atoms with Crippen LogP contribution < -0.4 is 0 Å². The number of ether oxygens (including phenoxy) is 1. The Hall–Kier alpha value is -2.57. The Bertz CT molecular complexity index is 846. The maximum atomic E-state index is 5.17. The first-order chi connectivity index (χ1) is 12.3. The molecule has 0 aliphatic carbocycles. The third kappa shape index (κ3) is 3.45. The number of benzene rings is 1. The molecule has 0 radical (unpaired) electrons. The molecule has 1 aliphatic heterocycles. The summed E-state index contributed by atoms with van der Waals surface area (Å²) >= 11 is 0. The molecule has 0 saturated heterocycles. The molecule has 128 valence electrons. The first-order valence-corrected chi connectivity index (χ1v) is 8.44. The number of fused-ring (bicyclic) bond motifs is 1. The summed E-state index contributed by atoms with van der Waals surface area (Å²) in [4.78, 5) is 16.0. The minimum absolute atomic E-state index is 0.690. The van der Waals surface area contributed by atoms with E-state index in [1.165, 1.54) is 11.3 Å². The average molecular weight is 335 g/mol. The molecule has 0 saturated carbocycles. The minimum atomic E-state index is 0.690. The Kier molecular flexibility index (Phi) is 4.54. The lowest BCUT2D eigenvalue weighted by Gasteiger charge is -2.15. The maximum absolute atomic E-state index is 5.17. The van der Waals surface area contributed by atoms with Crippen molar-refractivity contribution in [2.75, 3.05) is 13.7 Å². The third-order valence-corrected chi connectivity index (χ3v) is 4.47. The summed E-state index contributed by atoms with van der Waals surface area (Å²) in [5, 5.41) is 0. The van der Waals surface area contributed by atoms with E-state index in [0.29, 0.717) is 6.61 Å². The maximum Gasteiger partial charge on any atom is 0.159 e. The van der Waals surface area contributed by atoms with Crippen LogP contribution >= 0.6 is 0 Å². The highest BCUT2D eigenvalue weighted by molar-refractivity contribution is 5.54. The van der Waals surface area contributed by atoms with Crippen molar-refractivity contribution in [1.29, 1.82) is 0 Å². The van der Waals surface area contributed by atoms with Crippen LogP contribution in [-0.4, -0.2) is 38.1 Å². The summed E-state index contributed by atoms with van der Waals surface area (Å²) in [7, 11) is 1.72. The van der Waals surface area contributed by atoms with Gasteiger partial charge < -0.3 is 9.30 Å². The van der Waals surface area contributed by atoms with Crippen LogP contribution in [0.5, 0.6) is 0 Å². The molecule has 0 atom stereocenters. The van der Waals surface area contributed by atoms with Crippen LogP contribution in [-0.2, 0) is 30.9 Å². The highest BCUT2D eigenvalue weighted by Gasteiger charge is 2.22. The first-order valence-electron chi connectivity index (χ1n) is 8.44. The average Bonchev–Trinajstić information content (AvgIpc) is 3.26. The molecule has 6 nitrogen and oxygen atoms in total. The van der Waals surface area contributed by atoms with Crippen LogP contribution in [0.3, 0.4) is 0 Å². The lowest BCUT2D eigenvalue weighted by molar-refractivity contribution is 0.184. The number of rotatable bonds is 6. The van der Waals surface area contributed by atoms with Gasteiger partial charge in [0.25, 0.3) is 0 Å². The summed E-state index contributed by atoms with van der Waals surface area (Å²) in [5.74, 6) is 0.798. The van der Waals surface area contributed by atoms with Crippen LogP contribution in [0.25, 0.3) is 11.4 Å². The number of methoxy groups -OCH3 is 1. The third-order valence-electron chi connectivity index (χ3n) is 4.47. The van der Waals surface area contributed by atoms with Crippen LogP contribution in [0.15, 0.2) is 49.1 Å². The molecule has 0 unspecified atom stereocenters. The smallest absolute Gasteiger partial charge is 0.159 e. The fourth-order valence-electron chi connectivity index (χ4n) is 3.16. The van der Waals surface area contributed by atoms with Crippen molar-refractivity contribution in [3.05, 3.63) is 66.0 Å². The zero-order valence-electron chi connectivity index (χ0n) is 14.3. The van der Waals surface area contributed by atoms with Gasteiger partial charge in [0.1, 0.15) is 0 Å². The molecule has 0 N–H and O–H groups in total. The van der Waals surface area contributed by atoms with Gasteiger partial charge in [-0.25, -0.2) is 15.0 Å².